The van der Waals surface area contributed by atoms with E-state index in [4.69, 9.17) is 4.74 Å². The first-order valence-electron chi connectivity index (χ1n) is 12.0. The molecule has 3 aromatic carbocycles. The predicted octanol–water partition coefficient (Wildman–Crippen LogP) is 5.24. The summed E-state index contributed by atoms with van der Waals surface area (Å²) in [4.78, 5) is 18.1. The van der Waals surface area contributed by atoms with Crippen LogP contribution < -0.4 is 9.54 Å². The van der Waals surface area contributed by atoms with Gasteiger partial charge in [-0.1, -0.05) is 60.7 Å². The number of sulfonamides is 1. The lowest BCUT2D eigenvalue weighted by Crippen LogP contribution is -2.30. The maximum atomic E-state index is 13.2. The molecular formula is C28H29N3O4S2. The smallest absolute Gasteiger partial charge is 0.279 e. The number of allylic oxidation sites excluding steroid dienone is 1. The maximum absolute atomic E-state index is 13.2. The minimum absolute atomic E-state index is 0.131. The molecule has 0 N–H and O–H groups in total. The molecule has 9 heteroatoms. The summed E-state index contributed by atoms with van der Waals surface area (Å²) in [7, 11) is -3.73. The molecule has 0 aliphatic heterocycles. The molecule has 0 radical (unpaired) electrons. The number of fused-ring (bicyclic) bond motifs is 1. The molecule has 1 aromatic heterocycles. The molecule has 0 saturated heterocycles. The zero-order valence-corrected chi connectivity index (χ0v) is 22.5. The molecule has 4 rings (SSSR count). The number of ether oxygens (including phenoxy) is 1. The summed E-state index contributed by atoms with van der Waals surface area (Å²) in [6.07, 6.45) is 1.74. The van der Waals surface area contributed by atoms with Gasteiger partial charge >= 0.3 is 0 Å². The van der Waals surface area contributed by atoms with Crippen LogP contribution in [0.3, 0.4) is 0 Å². The van der Waals surface area contributed by atoms with Crippen LogP contribution in [0.15, 0.2) is 95.3 Å². The van der Waals surface area contributed by atoms with Crippen molar-refractivity contribution < 1.29 is 17.9 Å². The highest BCUT2D eigenvalue weighted by Crippen LogP contribution is 2.28. The van der Waals surface area contributed by atoms with Crippen LogP contribution in [0, 0.1) is 0 Å². The normalized spacial score (nSPS) is 12.2. The van der Waals surface area contributed by atoms with Crippen LogP contribution in [0.1, 0.15) is 29.8 Å². The van der Waals surface area contributed by atoms with E-state index in [1.165, 1.54) is 39.9 Å². The quantitative estimate of drug-likeness (QED) is 0.260. The highest BCUT2D eigenvalue weighted by atomic mass is 32.2. The summed E-state index contributed by atoms with van der Waals surface area (Å²) in [6, 6.07) is 21.1. The minimum atomic E-state index is -3.73. The first kappa shape index (κ1) is 26.5. The molecule has 0 fully saturated rings. The van der Waals surface area contributed by atoms with E-state index in [9.17, 15) is 13.2 Å². The molecule has 1 heterocycles. The molecule has 0 spiro atoms. The van der Waals surface area contributed by atoms with Crippen LogP contribution in [0.5, 0.6) is 5.75 Å². The summed E-state index contributed by atoms with van der Waals surface area (Å²) >= 11 is 1.39. The van der Waals surface area contributed by atoms with Gasteiger partial charge in [0.15, 0.2) is 4.80 Å². The van der Waals surface area contributed by atoms with Crippen LogP contribution in [-0.4, -0.2) is 36.3 Å². The monoisotopic (exact) mass is 535 g/mol. The van der Waals surface area contributed by atoms with E-state index >= 15 is 0 Å². The van der Waals surface area contributed by atoms with Gasteiger partial charge < -0.3 is 9.30 Å². The number of nitrogens with zero attached hydrogens (tertiary/aromatic N) is 3. The Morgan fingerprint density at radius 3 is 2.43 bits per heavy atom. The number of carbonyl (C=O) groups is 1. The first-order chi connectivity index (χ1) is 17.9. The molecule has 0 aliphatic rings. The van der Waals surface area contributed by atoms with E-state index in [0.29, 0.717) is 30.1 Å². The topological polar surface area (TPSA) is 81.0 Å². The van der Waals surface area contributed by atoms with Crippen molar-refractivity contribution in [3.8, 4) is 5.75 Å². The van der Waals surface area contributed by atoms with Crippen molar-refractivity contribution in [3.05, 3.63) is 101 Å². The van der Waals surface area contributed by atoms with Crippen LogP contribution >= 0.6 is 11.3 Å². The van der Waals surface area contributed by atoms with E-state index in [-0.39, 0.29) is 11.4 Å². The van der Waals surface area contributed by atoms with Crippen molar-refractivity contribution in [1.82, 2.24) is 8.87 Å². The van der Waals surface area contributed by atoms with Gasteiger partial charge in [0.1, 0.15) is 11.3 Å². The number of carbonyl (C=O) groups excluding carboxylic acids is 1. The molecule has 37 heavy (non-hydrogen) atoms. The second-order valence-corrected chi connectivity index (χ2v) is 11.1. The lowest BCUT2D eigenvalue weighted by atomic mass is 10.2. The van der Waals surface area contributed by atoms with E-state index in [0.717, 1.165) is 21.5 Å². The van der Waals surface area contributed by atoms with E-state index in [1.54, 1.807) is 13.0 Å². The van der Waals surface area contributed by atoms with E-state index < -0.39 is 15.9 Å². The van der Waals surface area contributed by atoms with Gasteiger partial charge in [-0.05, 0) is 48.9 Å². The van der Waals surface area contributed by atoms with Crippen molar-refractivity contribution in [3.63, 3.8) is 0 Å². The molecule has 1 amide bonds. The third kappa shape index (κ3) is 5.74. The Morgan fingerprint density at radius 2 is 1.78 bits per heavy atom. The van der Waals surface area contributed by atoms with Crippen LogP contribution in [0.2, 0.25) is 0 Å². The van der Waals surface area contributed by atoms with Crippen LogP contribution in [-0.2, 0) is 23.1 Å². The Labute approximate surface area is 221 Å². The van der Waals surface area contributed by atoms with Crippen molar-refractivity contribution in [2.75, 3.05) is 13.2 Å². The third-order valence-electron chi connectivity index (χ3n) is 5.77. The number of amides is 1. The van der Waals surface area contributed by atoms with Crippen molar-refractivity contribution in [1.29, 1.82) is 0 Å². The number of thiazole rings is 1. The van der Waals surface area contributed by atoms with Crippen LogP contribution in [0.4, 0.5) is 0 Å². The fourth-order valence-electron chi connectivity index (χ4n) is 3.98. The predicted molar refractivity (Wildman–Crippen MR) is 147 cm³/mol. The highest BCUT2D eigenvalue weighted by molar-refractivity contribution is 7.89. The number of hydrogen-bond acceptors (Lipinski definition) is 5. The Hall–Kier alpha value is -3.53. The summed E-state index contributed by atoms with van der Waals surface area (Å²) in [6.45, 7) is 9.13. The molecule has 0 atom stereocenters. The SMILES string of the molecule is C=CCn1c(=NC(=O)c2ccc(S(=O)(=O)N(CC)Cc3ccccc3)cc2)sc2cccc(OCC)c21. The lowest BCUT2D eigenvalue weighted by molar-refractivity contribution is 0.0997. The van der Waals surface area contributed by atoms with Gasteiger partial charge in [0.2, 0.25) is 10.0 Å². The van der Waals surface area contributed by atoms with E-state index in [1.807, 2.05) is 60.0 Å². The summed E-state index contributed by atoms with van der Waals surface area (Å²) in [5.74, 6) is 0.264. The lowest BCUT2D eigenvalue weighted by Gasteiger charge is -2.20. The van der Waals surface area contributed by atoms with Crippen molar-refractivity contribution in [2.45, 2.75) is 31.8 Å². The molecular weight excluding hydrogens is 506 g/mol. The number of rotatable bonds is 10. The van der Waals surface area contributed by atoms with Gasteiger partial charge in [0.25, 0.3) is 5.91 Å². The number of aromatic nitrogens is 1. The average Bonchev–Trinajstić information content (AvgIpc) is 3.25. The van der Waals surface area contributed by atoms with Gasteiger partial charge in [-0.2, -0.15) is 9.30 Å². The third-order valence-corrected chi connectivity index (χ3v) is 8.74. The minimum Gasteiger partial charge on any atom is -0.492 e. The molecule has 4 aromatic rings. The van der Waals surface area contributed by atoms with Crippen LogP contribution in [0.25, 0.3) is 10.2 Å². The maximum Gasteiger partial charge on any atom is 0.279 e. The highest BCUT2D eigenvalue weighted by Gasteiger charge is 2.23. The number of hydrogen-bond donors (Lipinski definition) is 0. The Kier molecular flexibility index (Phi) is 8.38. The van der Waals surface area contributed by atoms with Gasteiger partial charge in [-0.15, -0.1) is 6.58 Å². The molecule has 192 valence electrons. The van der Waals surface area contributed by atoms with Crippen molar-refractivity contribution in [2.24, 2.45) is 4.99 Å². The molecule has 0 unspecified atom stereocenters. The Balaban J connectivity index is 1.64. The molecule has 0 aliphatic carbocycles. The molecule has 0 bridgehead atoms. The van der Waals surface area contributed by atoms with Gasteiger partial charge in [0, 0.05) is 25.2 Å². The first-order valence-corrected chi connectivity index (χ1v) is 14.2. The average molecular weight is 536 g/mol. The summed E-state index contributed by atoms with van der Waals surface area (Å²) in [5, 5.41) is 0. The molecule has 7 nitrogen and oxygen atoms in total. The standard InChI is InChI=1S/C28H29N3O4S2/c1-4-19-31-26-24(35-6-3)13-10-14-25(26)36-28(31)29-27(32)22-15-17-23(18-16-22)37(33,34)30(5-2)20-21-11-8-7-9-12-21/h4,7-18H,1,5-6,19-20H2,2-3H3. The van der Waals surface area contributed by atoms with Crippen molar-refractivity contribution >= 4 is 37.5 Å². The van der Waals surface area contributed by atoms with E-state index in [2.05, 4.69) is 11.6 Å². The van der Waals surface area contributed by atoms with Gasteiger partial charge in [-0.25, -0.2) is 8.42 Å². The zero-order valence-electron chi connectivity index (χ0n) is 20.8. The van der Waals surface area contributed by atoms with Gasteiger partial charge in [0.05, 0.1) is 16.2 Å². The zero-order chi connectivity index (χ0) is 26.4. The number of para-hydroxylation sites is 1. The Bertz CT molecular complexity index is 1570. The van der Waals surface area contributed by atoms with Gasteiger partial charge in [-0.3, -0.25) is 4.79 Å². The summed E-state index contributed by atoms with van der Waals surface area (Å²) in [5.41, 5.74) is 2.07. The Morgan fingerprint density at radius 1 is 1.05 bits per heavy atom. The molecule has 0 saturated carbocycles. The fourth-order valence-corrected chi connectivity index (χ4v) is 6.47. The number of benzene rings is 3. The fraction of sp³-hybridized carbons (Fsp3) is 0.214. The second kappa shape index (κ2) is 11.7. The largest absolute Gasteiger partial charge is 0.492 e. The second-order valence-electron chi connectivity index (χ2n) is 8.18. The summed E-state index contributed by atoms with van der Waals surface area (Å²) < 4.78 is 36.5.